The summed E-state index contributed by atoms with van der Waals surface area (Å²) in [5.41, 5.74) is 0.651. The number of rotatable bonds is 2. The molecular formula is C15H17NO4. The summed E-state index contributed by atoms with van der Waals surface area (Å²) in [6, 6.07) is 2.53. The van der Waals surface area contributed by atoms with Crippen molar-refractivity contribution in [3.8, 4) is 11.8 Å². The first kappa shape index (κ1) is 12.8. The number of aromatic hydroxyl groups is 2. The molecule has 1 heterocycles. The van der Waals surface area contributed by atoms with Crippen molar-refractivity contribution in [2.45, 2.75) is 25.7 Å². The number of nitrogens with zero attached hydrogens (tertiary/aromatic N) is 1. The Morgan fingerprint density at radius 1 is 1.15 bits per heavy atom. The van der Waals surface area contributed by atoms with E-state index in [0.717, 1.165) is 30.4 Å². The van der Waals surface area contributed by atoms with Crippen LogP contribution in [-0.2, 0) is 4.79 Å². The second-order valence-electron chi connectivity index (χ2n) is 5.24. The van der Waals surface area contributed by atoms with Gasteiger partial charge in [0.15, 0.2) is 0 Å². The van der Waals surface area contributed by atoms with Gasteiger partial charge in [0.2, 0.25) is 11.8 Å². The summed E-state index contributed by atoms with van der Waals surface area (Å²) in [5.74, 6) is -0.430. The molecule has 2 aliphatic rings. The standard InChI is InChI=1S/C15H17NO4/c17-13-7-8-14(18)16(13)20-15(19)12-9-10-5-3-1-2-4-6-11(10)12/h1-2,7-11,17-18H,3-6H2. The van der Waals surface area contributed by atoms with E-state index < -0.39 is 5.97 Å². The van der Waals surface area contributed by atoms with Crippen molar-refractivity contribution in [2.75, 3.05) is 0 Å². The van der Waals surface area contributed by atoms with Crippen molar-refractivity contribution in [2.24, 2.45) is 11.8 Å². The van der Waals surface area contributed by atoms with E-state index in [9.17, 15) is 15.0 Å². The molecule has 1 aromatic rings. The van der Waals surface area contributed by atoms with Gasteiger partial charge >= 0.3 is 5.97 Å². The Morgan fingerprint density at radius 2 is 1.80 bits per heavy atom. The Bertz CT molecular complexity index is 565. The summed E-state index contributed by atoms with van der Waals surface area (Å²) in [4.78, 5) is 17.1. The average Bonchev–Trinajstić information content (AvgIpc) is 2.69. The molecule has 5 nitrogen and oxygen atoms in total. The Labute approximate surface area is 116 Å². The molecule has 5 heteroatoms. The molecule has 0 aliphatic heterocycles. The van der Waals surface area contributed by atoms with E-state index in [1.54, 1.807) is 0 Å². The van der Waals surface area contributed by atoms with Crippen LogP contribution in [0.5, 0.6) is 11.8 Å². The highest BCUT2D eigenvalue weighted by Gasteiger charge is 2.37. The topological polar surface area (TPSA) is 71.7 Å². The largest absolute Gasteiger partial charge is 0.492 e. The van der Waals surface area contributed by atoms with Crippen LogP contribution in [0, 0.1) is 11.8 Å². The van der Waals surface area contributed by atoms with E-state index in [2.05, 4.69) is 12.2 Å². The number of aromatic nitrogens is 1. The molecule has 0 aromatic carbocycles. The number of fused-ring (bicyclic) bond motifs is 1. The lowest BCUT2D eigenvalue weighted by Gasteiger charge is -2.35. The highest BCUT2D eigenvalue weighted by Crippen LogP contribution is 2.41. The zero-order valence-corrected chi connectivity index (χ0v) is 11.0. The van der Waals surface area contributed by atoms with Crippen LogP contribution in [-0.4, -0.2) is 20.9 Å². The van der Waals surface area contributed by atoms with Gasteiger partial charge in [-0.25, -0.2) is 4.79 Å². The molecule has 20 heavy (non-hydrogen) atoms. The average molecular weight is 275 g/mol. The van der Waals surface area contributed by atoms with Gasteiger partial charge in [0.05, 0.1) is 0 Å². The third-order valence-corrected chi connectivity index (χ3v) is 4.00. The molecule has 0 saturated carbocycles. The first-order chi connectivity index (χ1) is 9.66. The van der Waals surface area contributed by atoms with Gasteiger partial charge in [-0.05, 0) is 37.5 Å². The first-order valence-corrected chi connectivity index (χ1v) is 6.86. The van der Waals surface area contributed by atoms with E-state index in [0.29, 0.717) is 11.5 Å². The van der Waals surface area contributed by atoms with Crippen LogP contribution in [0.2, 0.25) is 0 Å². The van der Waals surface area contributed by atoms with E-state index in [1.807, 2.05) is 6.08 Å². The van der Waals surface area contributed by atoms with E-state index in [4.69, 9.17) is 4.84 Å². The van der Waals surface area contributed by atoms with Crippen LogP contribution < -0.4 is 4.84 Å². The molecule has 0 amide bonds. The van der Waals surface area contributed by atoms with Gasteiger partial charge in [0, 0.05) is 17.7 Å². The van der Waals surface area contributed by atoms with Crippen molar-refractivity contribution in [3.05, 3.63) is 35.9 Å². The van der Waals surface area contributed by atoms with Gasteiger partial charge < -0.3 is 15.1 Å². The fraction of sp³-hybridized carbons (Fsp3) is 0.400. The summed E-state index contributed by atoms with van der Waals surface area (Å²) in [6.45, 7) is 0. The molecular weight excluding hydrogens is 258 g/mol. The molecule has 0 fully saturated rings. The second kappa shape index (κ2) is 5.07. The minimum Gasteiger partial charge on any atom is -0.492 e. The molecule has 2 N–H and O–H groups in total. The predicted octanol–water partition coefficient (Wildman–Crippen LogP) is 2.16. The van der Waals surface area contributed by atoms with Crippen LogP contribution >= 0.6 is 0 Å². The quantitative estimate of drug-likeness (QED) is 0.811. The maximum absolute atomic E-state index is 12.1. The molecule has 1 aromatic heterocycles. The summed E-state index contributed by atoms with van der Waals surface area (Å²) in [7, 11) is 0. The maximum Gasteiger partial charge on any atom is 0.359 e. The molecule has 106 valence electrons. The minimum absolute atomic E-state index is 0.229. The molecule has 3 rings (SSSR count). The fourth-order valence-electron chi connectivity index (χ4n) is 2.89. The van der Waals surface area contributed by atoms with E-state index in [-0.39, 0.29) is 17.7 Å². The van der Waals surface area contributed by atoms with Gasteiger partial charge in [-0.1, -0.05) is 18.2 Å². The number of allylic oxidation sites excluding steroid dienone is 3. The Balaban J connectivity index is 1.71. The lowest BCUT2D eigenvalue weighted by molar-refractivity contribution is -0.142. The second-order valence-corrected chi connectivity index (χ2v) is 5.24. The van der Waals surface area contributed by atoms with Crippen molar-refractivity contribution in [1.29, 1.82) is 0 Å². The fourth-order valence-corrected chi connectivity index (χ4v) is 2.89. The summed E-state index contributed by atoms with van der Waals surface area (Å²) in [5, 5.41) is 18.9. The zero-order valence-electron chi connectivity index (χ0n) is 11.0. The van der Waals surface area contributed by atoms with Crippen molar-refractivity contribution < 1.29 is 19.8 Å². The van der Waals surface area contributed by atoms with Crippen LogP contribution in [0.15, 0.2) is 35.9 Å². The number of carbonyl (C=O) groups excluding carboxylic acids is 1. The van der Waals surface area contributed by atoms with Crippen LogP contribution in [0.1, 0.15) is 25.7 Å². The Morgan fingerprint density at radius 3 is 2.50 bits per heavy atom. The zero-order chi connectivity index (χ0) is 14.1. The third-order valence-electron chi connectivity index (χ3n) is 4.00. The van der Waals surface area contributed by atoms with Crippen molar-refractivity contribution in [3.63, 3.8) is 0 Å². The van der Waals surface area contributed by atoms with Crippen LogP contribution in [0.4, 0.5) is 0 Å². The maximum atomic E-state index is 12.1. The molecule has 0 spiro atoms. The molecule has 2 unspecified atom stereocenters. The third kappa shape index (κ3) is 2.19. The summed E-state index contributed by atoms with van der Waals surface area (Å²) in [6.07, 6.45) is 10.3. The van der Waals surface area contributed by atoms with E-state index >= 15 is 0 Å². The summed E-state index contributed by atoms with van der Waals surface area (Å²) >= 11 is 0. The highest BCUT2D eigenvalue weighted by atomic mass is 16.7. The van der Waals surface area contributed by atoms with Crippen molar-refractivity contribution in [1.82, 2.24) is 4.73 Å². The molecule has 0 radical (unpaired) electrons. The monoisotopic (exact) mass is 275 g/mol. The van der Waals surface area contributed by atoms with E-state index in [1.165, 1.54) is 12.1 Å². The number of hydrogen-bond acceptors (Lipinski definition) is 4. The highest BCUT2D eigenvalue weighted by molar-refractivity contribution is 5.91. The molecule has 0 saturated heterocycles. The number of carbonyl (C=O) groups is 1. The lowest BCUT2D eigenvalue weighted by atomic mass is 9.69. The van der Waals surface area contributed by atoms with Gasteiger partial charge in [-0.3, -0.25) is 0 Å². The smallest absolute Gasteiger partial charge is 0.359 e. The molecule has 2 aliphatic carbocycles. The lowest BCUT2D eigenvalue weighted by Crippen LogP contribution is -2.34. The molecule has 2 atom stereocenters. The van der Waals surface area contributed by atoms with Gasteiger partial charge in [-0.2, -0.15) is 0 Å². The Hall–Kier alpha value is -2.17. The SMILES string of the molecule is O=C(On1c(O)ccc1O)C1=CC2CCC=CCCC12. The van der Waals surface area contributed by atoms with Crippen molar-refractivity contribution >= 4 is 5.97 Å². The first-order valence-electron chi connectivity index (χ1n) is 6.86. The van der Waals surface area contributed by atoms with Crippen LogP contribution in [0.3, 0.4) is 0 Å². The molecule has 0 bridgehead atoms. The Kier molecular flexibility index (Phi) is 3.26. The van der Waals surface area contributed by atoms with Gasteiger partial charge in [0.1, 0.15) is 0 Å². The number of hydrogen-bond donors (Lipinski definition) is 2. The van der Waals surface area contributed by atoms with Crippen LogP contribution in [0.25, 0.3) is 0 Å². The normalized spacial score (nSPS) is 24.9. The van der Waals surface area contributed by atoms with Gasteiger partial charge in [0.25, 0.3) is 0 Å². The summed E-state index contributed by atoms with van der Waals surface area (Å²) < 4.78 is 0.735. The predicted molar refractivity (Wildman–Crippen MR) is 72.0 cm³/mol. The minimum atomic E-state index is -0.502. The van der Waals surface area contributed by atoms with Gasteiger partial charge in [-0.15, -0.1) is 4.73 Å².